The molecule has 0 bridgehead atoms. The Kier molecular flexibility index (Phi) is 1.75. The molecule has 0 aromatic carbocycles. The molecule has 5 heteroatoms. The topological polar surface area (TPSA) is 81.4 Å². The monoisotopic (exact) mass is 144 g/mol. The lowest BCUT2D eigenvalue weighted by atomic mass is 10.7. The van der Waals surface area contributed by atoms with Crippen LogP contribution in [0, 0.1) is 0 Å². The van der Waals surface area contributed by atoms with Gasteiger partial charge in [0, 0.05) is 6.04 Å². The van der Waals surface area contributed by atoms with E-state index in [1.165, 1.54) is 0 Å². The van der Waals surface area contributed by atoms with E-state index in [1.54, 1.807) is 0 Å². The van der Waals surface area contributed by atoms with Crippen molar-refractivity contribution in [3.63, 3.8) is 0 Å². The average molecular weight is 144 g/mol. The number of hydrogen-bond acceptors (Lipinski definition) is 3. The van der Waals surface area contributed by atoms with E-state index in [4.69, 9.17) is 0 Å². The predicted molar refractivity (Wildman–Crippen MR) is 32.2 cm³/mol. The van der Waals surface area contributed by atoms with Crippen LogP contribution in [-0.2, 0) is 4.74 Å². The number of nitrogens with one attached hydrogen (secondary N) is 1. The van der Waals surface area contributed by atoms with Crippen LogP contribution in [0.1, 0.15) is 12.8 Å². The van der Waals surface area contributed by atoms with Crippen LogP contribution in [0.25, 0.3) is 0 Å². The third kappa shape index (κ3) is 2.34. The quantitative estimate of drug-likeness (QED) is 0.506. The lowest BCUT2D eigenvalue weighted by Crippen LogP contribution is -2.30. The smallest absolute Gasteiger partial charge is 0.360 e. The number of carbonyl (C=O) groups is 2. The molecule has 0 aromatic rings. The minimum absolute atomic E-state index is 0.187. The van der Waals surface area contributed by atoms with Gasteiger partial charge in [-0.25, -0.2) is 9.59 Å². The Balaban J connectivity index is 2.14. The number of hydrogen-bond donors (Lipinski definition) is 2. The zero-order chi connectivity index (χ0) is 7.56. The van der Waals surface area contributed by atoms with Crippen molar-refractivity contribution in [2.75, 3.05) is 0 Å². The molecule has 1 aliphatic carbocycles. The Labute approximate surface area is 57.5 Å². The van der Waals surface area contributed by atoms with Gasteiger partial charge >= 0.3 is 12.2 Å². The van der Waals surface area contributed by atoms with E-state index >= 15 is 0 Å². The van der Waals surface area contributed by atoms with Gasteiger partial charge in [0.2, 0.25) is 0 Å². The van der Waals surface area contributed by atoms with E-state index in [9.17, 15) is 9.59 Å². The van der Waals surface area contributed by atoms with E-state index in [1.807, 2.05) is 0 Å². The maximum Gasteiger partial charge on any atom is 0.416 e. The van der Waals surface area contributed by atoms with Crippen molar-refractivity contribution in [2.24, 2.45) is 5.73 Å². The second kappa shape index (κ2) is 2.55. The lowest BCUT2D eigenvalue weighted by molar-refractivity contribution is 0.156. The van der Waals surface area contributed by atoms with Gasteiger partial charge in [-0.3, -0.25) is 0 Å². The highest BCUT2D eigenvalue weighted by molar-refractivity contribution is 5.82. The van der Waals surface area contributed by atoms with Gasteiger partial charge in [-0.05, 0) is 12.8 Å². The fourth-order valence-electron chi connectivity index (χ4n) is 0.515. The summed E-state index contributed by atoms with van der Waals surface area (Å²) in [5.41, 5.74) is 4.57. The van der Waals surface area contributed by atoms with Crippen LogP contribution in [0.2, 0.25) is 0 Å². The van der Waals surface area contributed by atoms with Crippen LogP contribution in [0.15, 0.2) is 0 Å². The van der Waals surface area contributed by atoms with E-state index in [-0.39, 0.29) is 6.04 Å². The minimum Gasteiger partial charge on any atom is -0.360 e. The molecule has 0 heterocycles. The third-order valence-electron chi connectivity index (χ3n) is 1.09. The van der Waals surface area contributed by atoms with Crippen molar-refractivity contribution in [1.82, 2.24) is 5.32 Å². The van der Waals surface area contributed by atoms with Crippen molar-refractivity contribution < 1.29 is 14.3 Å². The number of ether oxygens (including phenoxy) is 1. The molecule has 0 unspecified atom stereocenters. The van der Waals surface area contributed by atoms with E-state index in [0.29, 0.717) is 0 Å². The van der Waals surface area contributed by atoms with Crippen LogP contribution in [0.4, 0.5) is 9.59 Å². The highest BCUT2D eigenvalue weighted by atomic mass is 16.6. The molecule has 3 N–H and O–H groups in total. The average Bonchev–Trinajstić information content (AvgIpc) is 2.46. The van der Waals surface area contributed by atoms with Crippen LogP contribution in [0.5, 0.6) is 0 Å². The molecule has 0 saturated heterocycles. The first-order valence-corrected chi connectivity index (χ1v) is 2.96. The van der Waals surface area contributed by atoms with Crippen LogP contribution >= 0.6 is 0 Å². The number of carbonyl (C=O) groups excluding carboxylic acids is 2. The number of amides is 2. The summed E-state index contributed by atoms with van der Waals surface area (Å²) >= 11 is 0. The Morgan fingerprint density at radius 2 is 2.10 bits per heavy atom. The molecule has 0 aromatic heterocycles. The van der Waals surface area contributed by atoms with E-state index < -0.39 is 12.2 Å². The Morgan fingerprint density at radius 1 is 1.50 bits per heavy atom. The number of rotatable bonds is 1. The van der Waals surface area contributed by atoms with Crippen molar-refractivity contribution in [1.29, 1.82) is 0 Å². The predicted octanol–water partition coefficient (Wildman–Crippen LogP) is -0.0463. The number of primary amides is 1. The van der Waals surface area contributed by atoms with E-state index in [2.05, 4.69) is 15.8 Å². The molecular weight excluding hydrogens is 136 g/mol. The van der Waals surface area contributed by atoms with Crippen LogP contribution in [-0.4, -0.2) is 18.2 Å². The van der Waals surface area contributed by atoms with Gasteiger partial charge in [0.05, 0.1) is 0 Å². The molecule has 0 radical (unpaired) electrons. The molecule has 0 aliphatic heterocycles. The summed E-state index contributed by atoms with van der Waals surface area (Å²) in [6.45, 7) is 0. The number of nitrogens with two attached hydrogens (primary N) is 1. The maximum absolute atomic E-state index is 10.5. The molecule has 56 valence electrons. The summed E-state index contributed by atoms with van der Waals surface area (Å²) in [6, 6.07) is 0.187. The Morgan fingerprint density at radius 3 is 2.50 bits per heavy atom. The van der Waals surface area contributed by atoms with Crippen molar-refractivity contribution in [2.45, 2.75) is 18.9 Å². The van der Waals surface area contributed by atoms with E-state index in [0.717, 1.165) is 12.8 Å². The van der Waals surface area contributed by atoms with Gasteiger partial charge in [-0.15, -0.1) is 0 Å². The maximum atomic E-state index is 10.5. The van der Waals surface area contributed by atoms with Gasteiger partial charge in [-0.2, -0.15) is 0 Å². The van der Waals surface area contributed by atoms with Gasteiger partial charge < -0.3 is 15.8 Å². The molecule has 1 rings (SSSR count). The fraction of sp³-hybridized carbons (Fsp3) is 0.600. The summed E-state index contributed by atoms with van der Waals surface area (Å²) in [6.07, 6.45) is 0.0787. The summed E-state index contributed by atoms with van der Waals surface area (Å²) in [5.74, 6) is 0. The molecule has 0 spiro atoms. The molecule has 0 atom stereocenters. The highest BCUT2D eigenvalue weighted by Crippen LogP contribution is 2.18. The van der Waals surface area contributed by atoms with Gasteiger partial charge in [0.15, 0.2) is 0 Å². The summed E-state index contributed by atoms with van der Waals surface area (Å²) < 4.78 is 3.99. The second-order valence-electron chi connectivity index (χ2n) is 2.13. The zero-order valence-corrected chi connectivity index (χ0v) is 5.29. The number of alkyl carbamates (subject to hydrolysis) is 1. The first-order chi connectivity index (χ1) is 4.68. The zero-order valence-electron chi connectivity index (χ0n) is 5.29. The SMILES string of the molecule is NC(=O)OC(=O)NC1CC1. The van der Waals surface area contributed by atoms with Gasteiger partial charge in [-0.1, -0.05) is 0 Å². The summed E-state index contributed by atoms with van der Waals surface area (Å²) in [5, 5.41) is 2.42. The summed E-state index contributed by atoms with van der Waals surface area (Å²) in [4.78, 5) is 20.4. The van der Waals surface area contributed by atoms with Crippen molar-refractivity contribution in [3.8, 4) is 0 Å². The van der Waals surface area contributed by atoms with Gasteiger partial charge in [0.25, 0.3) is 0 Å². The molecule has 1 saturated carbocycles. The molecule has 5 nitrogen and oxygen atoms in total. The first kappa shape index (κ1) is 6.85. The van der Waals surface area contributed by atoms with Crippen molar-refractivity contribution in [3.05, 3.63) is 0 Å². The normalized spacial score (nSPS) is 16.0. The highest BCUT2D eigenvalue weighted by Gasteiger charge is 2.24. The second-order valence-corrected chi connectivity index (χ2v) is 2.13. The molecule has 1 aliphatic rings. The molecular formula is C5H8N2O3. The minimum atomic E-state index is -1.07. The lowest BCUT2D eigenvalue weighted by Gasteiger charge is -1.99. The van der Waals surface area contributed by atoms with Crippen molar-refractivity contribution >= 4 is 12.2 Å². The van der Waals surface area contributed by atoms with Crippen LogP contribution < -0.4 is 11.1 Å². The Hall–Kier alpha value is -1.26. The summed E-state index contributed by atoms with van der Waals surface area (Å²) in [7, 11) is 0. The first-order valence-electron chi connectivity index (χ1n) is 2.96. The standard InChI is InChI=1S/C5H8N2O3/c6-4(8)10-5(9)7-3-1-2-3/h3H,1-2H2,(H2,6,8)(H,7,9). The molecule has 1 fully saturated rings. The fourth-order valence-corrected chi connectivity index (χ4v) is 0.515. The van der Waals surface area contributed by atoms with Gasteiger partial charge in [0.1, 0.15) is 0 Å². The molecule has 10 heavy (non-hydrogen) atoms. The largest absolute Gasteiger partial charge is 0.416 e. The molecule has 2 amide bonds. The Bertz CT molecular complexity index is 164. The third-order valence-corrected chi connectivity index (χ3v) is 1.09. The van der Waals surface area contributed by atoms with Crippen LogP contribution in [0.3, 0.4) is 0 Å².